The Labute approximate surface area is 269 Å². The molecule has 3 aromatic carbocycles. The lowest BCUT2D eigenvalue weighted by molar-refractivity contribution is -0.890. The molecule has 5 aliphatic rings. The molecule has 1 amide bonds. The van der Waals surface area contributed by atoms with Gasteiger partial charge in [0.15, 0.2) is 0 Å². The summed E-state index contributed by atoms with van der Waals surface area (Å²) in [5.74, 6) is 0.462. The number of nitrogens with two attached hydrogens (primary N) is 1. The van der Waals surface area contributed by atoms with Gasteiger partial charge in [0.25, 0.3) is 5.91 Å². The van der Waals surface area contributed by atoms with Crippen LogP contribution in [0.1, 0.15) is 66.9 Å². The first-order valence-electron chi connectivity index (χ1n) is 16.8. The molecule has 0 bridgehead atoms. The zero-order valence-corrected chi connectivity index (χ0v) is 26.9. The highest BCUT2D eigenvalue weighted by Crippen LogP contribution is 2.49. The van der Waals surface area contributed by atoms with Crippen molar-refractivity contribution in [1.82, 2.24) is 9.89 Å². The van der Waals surface area contributed by atoms with E-state index in [-0.39, 0.29) is 11.5 Å². The molecule has 0 spiro atoms. The Kier molecular flexibility index (Phi) is 6.95. The SMILES string of the molecule is C[N+](C)(CCCN)CCCNC(=O)c1ccc(C2=c3cc4c5c(c3Oc3c2cc2c6c3CCN6CC2)CC[N+]=5CC4)c(C(=O)O)c1. The first-order chi connectivity index (χ1) is 22.2. The van der Waals surface area contributed by atoms with Crippen LogP contribution in [-0.2, 0) is 25.7 Å². The minimum atomic E-state index is -1.04. The number of carboxylic acid groups (broad SMARTS) is 1. The number of aromatic carboxylic acids is 1. The van der Waals surface area contributed by atoms with Gasteiger partial charge in [-0.25, -0.2) is 9.37 Å². The van der Waals surface area contributed by atoms with Gasteiger partial charge in [0.2, 0.25) is 5.36 Å². The molecule has 9 nitrogen and oxygen atoms in total. The van der Waals surface area contributed by atoms with E-state index in [1.807, 2.05) is 6.07 Å². The minimum Gasteiger partial charge on any atom is -0.478 e. The normalized spacial score (nSPS) is 16.7. The summed E-state index contributed by atoms with van der Waals surface area (Å²) in [6.07, 6.45) is 5.60. The molecule has 0 aromatic heterocycles. The number of anilines is 1. The summed E-state index contributed by atoms with van der Waals surface area (Å²) in [5, 5.41) is 15.9. The lowest BCUT2D eigenvalue weighted by Gasteiger charge is -2.29. The molecular weight excluding hydrogens is 578 g/mol. The fourth-order valence-electron chi connectivity index (χ4n) is 8.52. The Bertz CT molecular complexity index is 1960. The summed E-state index contributed by atoms with van der Waals surface area (Å²) >= 11 is 0. The molecule has 3 aromatic rings. The number of amides is 1. The number of quaternary nitrogens is 1. The van der Waals surface area contributed by atoms with Crippen LogP contribution < -0.4 is 35.8 Å². The van der Waals surface area contributed by atoms with Gasteiger partial charge in [-0.2, -0.15) is 0 Å². The average Bonchev–Trinajstić information content (AvgIpc) is 3.84. The van der Waals surface area contributed by atoms with Crippen LogP contribution in [0.4, 0.5) is 5.69 Å². The second-order valence-corrected chi connectivity index (χ2v) is 14.1. The number of hydrogen-bond donors (Lipinski definition) is 3. The molecule has 5 aliphatic heterocycles. The first kappa shape index (κ1) is 29.2. The zero-order valence-electron chi connectivity index (χ0n) is 26.9. The van der Waals surface area contributed by atoms with Crippen LogP contribution >= 0.6 is 0 Å². The van der Waals surface area contributed by atoms with Gasteiger partial charge in [-0.3, -0.25) is 4.79 Å². The van der Waals surface area contributed by atoms with Crippen LogP contribution in [0.3, 0.4) is 0 Å². The Hall–Kier alpha value is -4.21. The van der Waals surface area contributed by atoms with Crippen molar-refractivity contribution in [2.75, 3.05) is 71.4 Å². The first-order valence-corrected chi connectivity index (χ1v) is 16.8. The standard InChI is InChI=1S/C37H41N5O4/c1-42(2,17-3-11-38)18-4-12-39-36(43)24-5-6-25(28(21-24)37(44)45)31-29-19-22-7-13-40-15-9-26(32(22)40)34(29)46-35-27-10-16-41-14-8-23(33(27)41)20-30(31)35/h5-6,19-21H,3-4,7-18,38H2,1-2H3/p+2. The Morgan fingerprint density at radius 2 is 1.76 bits per heavy atom. The second kappa shape index (κ2) is 11.0. The molecule has 238 valence electrons. The molecular formula is C37H43N5O4+2. The molecule has 0 saturated carbocycles. The third-order valence-electron chi connectivity index (χ3n) is 10.8. The number of nitrogens with one attached hydrogen (secondary N) is 1. The van der Waals surface area contributed by atoms with Gasteiger partial charge < -0.3 is 30.3 Å². The van der Waals surface area contributed by atoms with E-state index in [9.17, 15) is 14.7 Å². The van der Waals surface area contributed by atoms with Crippen molar-refractivity contribution in [1.29, 1.82) is 0 Å². The van der Waals surface area contributed by atoms with Crippen LogP contribution in [0, 0.1) is 0 Å². The van der Waals surface area contributed by atoms with Crippen molar-refractivity contribution >= 4 is 23.1 Å². The quantitative estimate of drug-likeness (QED) is 0.142. The van der Waals surface area contributed by atoms with E-state index < -0.39 is 5.97 Å². The largest absolute Gasteiger partial charge is 0.478 e. The predicted molar refractivity (Wildman–Crippen MR) is 178 cm³/mol. The lowest BCUT2D eigenvalue weighted by Crippen LogP contribution is -2.43. The molecule has 8 rings (SSSR count). The Morgan fingerprint density at radius 1 is 0.957 bits per heavy atom. The van der Waals surface area contributed by atoms with Crippen LogP contribution in [0.2, 0.25) is 0 Å². The van der Waals surface area contributed by atoms with Crippen LogP contribution in [0.15, 0.2) is 30.3 Å². The lowest BCUT2D eigenvalue weighted by atomic mass is 9.85. The summed E-state index contributed by atoms with van der Waals surface area (Å²) < 4.78 is 10.3. The van der Waals surface area contributed by atoms with Gasteiger partial charge in [0, 0.05) is 84.1 Å². The highest BCUT2D eigenvalue weighted by atomic mass is 16.5. The van der Waals surface area contributed by atoms with Gasteiger partial charge in [0.1, 0.15) is 24.6 Å². The minimum absolute atomic E-state index is 0.137. The molecule has 9 heteroatoms. The summed E-state index contributed by atoms with van der Waals surface area (Å²) in [4.78, 5) is 28.7. The van der Waals surface area contributed by atoms with Crippen molar-refractivity contribution in [2.45, 2.75) is 38.5 Å². The van der Waals surface area contributed by atoms with Gasteiger partial charge in [0.05, 0.1) is 38.3 Å². The maximum absolute atomic E-state index is 13.3. The molecule has 46 heavy (non-hydrogen) atoms. The third-order valence-corrected chi connectivity index (χ3v) is 10.8. The van der Waals surface area contributed by atoms with Crippen molar-refractivity contribution in [3.63, 3.8) is 0 Å². The Balaban J connectivity index is 1.21. The number of carbonyl (C=O) groups is 2. The predicted octanol–water partition coefficient (Wildman–Crippen LogP) is 1.80. The molecule has 0 atom stereocenters. The Morgan fingerprint density at radius 3 is 2.59 bits per heavy atom. The van der Waals surface area contributed by atoms with Gasteiger partial charge in [-0.05, 0) is 54.8 Å². The monoisotopic (exact) mass is 621 g/mol. The number of carbonyl (C=O) groups excluding carboxylic acids is 1. The van der Waals surface area contributed by atoms with Crippen molar-refractivity contribution in [3.8, 4) is 11.5 Å². The number of benzene rings is 3. The summed E-state index contributed by atoms with van der Waals surface area (Å²) in [6.45, 7) is 7.12. The van der Waals surface area contributed by atoms with E-state index >= 15 is 0 Å². The molecule has 0 fully saturated rings. The van der Waals surface area contributed by atoms with Crippen molar-refractivity contribution in [2.24, 2.45) is 5.73 Å². The summed E-state index contributed by atoms with van der Waals surface area (Å²) in [6, 6.07) is 9.67. The van der Waals surface area contributed by atoms with Crippen molar-refractivity contribution in [3.05, 3.63) is 85.4 Å². The average molecular weight is 622 g/mol. The van der Waals surface area contributed by atoms with E-state index in [2.05, 4.69) is 41.0 Å². The van der Waals surface area contributed by atoms with E-state index in [0.717, 1.165) is 110 Å². The summed E-state index contributed by atoms with van der Waals surface area (Å²) in [5.41, 5.74) is 15.1. The number of fused-ring (bicyclic) bond motifs is 4. The number of ether oxygens (including phenoxy) is 1. The molecule has 5 heterocycles. The summed E-state index contributed by atoms with van der Waals surface area (Å²) in [7, 11) is 4.35. The van der Waals surface area contributed by atoms with E-state index in [4.69, 9.17) is 10.5 Å². The molecule has 0 unspecified atom stereocenters. The highest BCUT2D eigenvalue weighted by molar-refractivity contribution is 6.03. The number of rotatable bonds is 10. The van der Waals surface area contributed by atoms with Crippen LogP contribution in [0.25, 0.3) is 5.57 Å². The maximum Gasteiger partial charge on any atom is 0.336 e. The van der Waals surface area contributed by atoms with Gasteiger partial charge in [-0.1, -0.05) is 6.07 Å². The van der Waals surface area contributed by atoms with Gasteiger partial charge >= 0.3 is 5.97 Å². The van der Waals surface area contributed by atoms with Crippen molar-refractivity contribution < 1.29 is 23.9 Å². The molecule has 0 aliphatic carbocycles. The maximum atomic E-state index is 13.3. The molecule has 4 N–H and O–H groups in total. The van der Waals surface area contributed by atoms with E-state index in [1.54, 1.807) is 12.1 Å². The third kappa shape index (κ3) is 4.62. The topological polar surface area (TPSA) is 108 Å². The van der Waals surface area contributed by atoms with E-state index in [1.165, 1.54) is 33.3 Å². The van der Waals surface area contributed by atoms with Gasteiger partial charge in [-0.15, -0.1) is 0 Å². The molecule has 0 radical (unpaired) electrons. The van der Waals surface area contributed by atoms with Crippen LogP contribution in [0.5, 0.6) is 11.5 Å². The fourth-order valence-corrected chi connectivity index (χ4v) is 8.52. The fraction of sp³-hybridized carbons (Fsp3) is 0.432. The number of carboxylic acids is 1. The number of hydrogen-bond acceptors (Lipinski definition) is 5. The number of nitrogens with zero attached hydrogens (tertiary/aromatic N) is 3. The second-order valence-electron chi connectivity index (χ2n) is 14.1. The zero-order chi connectivity index (χ0) is 31.7. The smallest absolute Gasteiger partial charge is 0.336 e. The highest BCUT2D eigenvalue weighted by Gasteiger charge is 2.39. The molecule has 0 saturated heterocycles. The van der Waals surface area contributed by atoms with Crippen LogP contribution in [-0.4, -0.2) is 87.9 Å². The van der Waals surface area contributed by atoms with E-state index in [0.29, 0.717) is 24.2 Å².